The summed E-state index contributed by atoms with van der Waals surface area (Å²) in [5.41, 5.74) is 2.94. The van der Waals surface area contributed by atoms with E-state index in [4.69, 9.17) is 4.74 Å². The Labute approximate surface area is 135 Å². The average molecular weight is 312 g/mol. The molecular weight excluding hydrogens is 292 g/mol. The lowest BCUT2D eigenvalue weighted by Gasteiger charge is -2.17. The summed E-state index contributed by atoms with van der Waals surface area (Å²) in [6, 6.07) is 9.67. The van der Waals surface area contributed by atoms with Gasteiger partial charge in [0.25, 0.3) is 0 Å². The number of nitrogens with zero attached hydrogens (tertiary/aromatic N) is 2. The molecule has 0 spiro atoms. The highest BCUT2D eigenvalue weighted by Crippen LogP contribution is 2.25. The molecule has 1 aliphatic heterocycles. The van der Waals surface area contributed by atoms with Gasteiger partial charge in [-0.25, -0.2) is 4.98 Å². The van der Waals surface area contributed by atoms with Gasteiger partial charge >= 0.3 is 0 Å². The number of pyridine rings is 1. The molecule has 23 heavy (non-hydrogen) atoms. The van der Waals surface area contributed by atoms with Gasteiger partial charge in [0.05, 0.1) is 7.11 Å². The Balaban J connectivity index is 1.80. The van der Waals surface area contributed by atoms with Crippen molar-refractivity contribution in [2.45, 2.75) is 13.5 Å². The lowest BCUT2D eigenvalue weighted by molar-refractivity contribution is -0.129. The van der Waals surface area contributed by atoms with Crippen molar-refractivity contribution in [2.75, 3.05) is 30.8 Å². The van der Waals surface area contributed by atoms with Crippen molar-refractivity contribution in [3.05, 3.63) is 42.1 Å². The normalized spacial score (nSPS) is 13.6. The molecule has 2 N–H and O–H groups in total. The van der Waals surface area contributed by atoms with E-state index in [9.17, 15) is 4.79 Å². The second-order valence-electron chi connectivity index (χ2n) is 5.45. The molecule has 0 aliphatic carbocycles. The molecule has 2 heterocycles. The van der Waals surface area contributed by atoms with Crippen LogP contribution in [0.15, 0.2) is 36.5 Å². The first kappa shape index (κ1) is 15.1. The molecule has 3 rings (SSSR count). The monoisotopic (exact) mass is 312 g/mol. The lowest BCUT2D eigenvalue weighted by atomic mass is 10.2. The third-order valence-electron chi connectivity index (χ3n) is 3.83. The van der Waals surface area contributed by atoms with Gasteiger partial charge in [-0.3, -0.25) is 4.79 Å². The second-order valence-corrected chi connectivity index (χ2v) is 5.45. The highest BCUT2D eigenvalue weighted by atomic mass is 16.5. The maximum absolute atomic E-state index is 11.6. The average Bonchev–Trinajstić information content (AvgIpc) is 2.77. The molecule has 0 saturated heterocycles. The van der Waals surface area contributed by atoms with Crippen molar-refractivity contribution in [1.29, 1.82) is 0 Å². The zero-order valence-electron chi connectivity index (χ0n) is 13.3. The van der Waals surface area contributed by atoms with Crippen LogP contribution in [0.1, 0.15) is 12.5 Å². The molecule has 6 nitrogen and oxygen atoms in total. The van der Waals surface area contributed by atoms with E-state index in [-0.39, 0.29) is 5.91 Å². The van der Waals surface area contributed by atoms with Crippen molar-refractivity contribution in [2.24, 2.45) is 0 Å². The summed E-state index contributed by atoms with van der Waals surface area (Å²) in [7, 11) is 1.64. The Hall–Kier alpha value is -2.76. The fraction of sp³-hybridized carbons (Fsp3) is 0.294. The number of nitrogens with one attached hydrogen (secondary N) is 2. The number of methoxy groups -OCH3 is 1. The maximum Gasteiger partial charge on any atom is 0.219 e. The highest BCUT2D eigenvalue weighted by molar-refractivity contribution is 5.74. The summed E-state index contributed by atoms with van der Waals surface area (Å²) in [5.74, 6) is 1.62. The third-order valence-corrected chi connectivity index (χ3v) is 3.83. The fourth-order valence-electron chi connectivity index (χ4n) is 2.57. The van der Waals surface area contributed by atoms with Crippen molar-refractivity contribution in [1.82, 2.24) is 9.88 Å². The van der Waals surface area contributed by atoms with Crippen LogP contribution in [0.4, 0.5) is 17.2 Å². The standard InChI is InChI=1S/C17H20N4O2/c1-12(22)21-7-6-18-16-9-17(19-10-13(16)11-21)20-14-4-3-5-15(8-14)23-2/h3-5,8-10,18H,6-7,11H2,1-2H3,(H,19,20). The van der Waals surface area contributed by atoms with Crippen LogP contribution < -0.4 is 15.4 Å². The Bertz CT molecular complexity index is 717. The van der Waals surface area contributed by atoms with E-state index in [0.717, 1.165) is 35.1 Å². The van der Waals surface area contributed by atoms with Gasteiger partial charge in [0.1, 0.15) is 11.6 Å². The van der Waals surface area contributed by atoms with Gasteiger partial charge in [-0.05, 0) is 12.1 Å². The molecule has 6 heteroatoms. The molecule has 0 bridgehead atoms. The van der Waals surface area contributed by atoms with Crippen LogP contribution in [-0.4, -0.2) is 36.0 Å². The van der Waals surface area contributed by atoms with Crippen molar-refractivity contribution < 1.29 is 9.53 Å². The zero-order chi connectivity index (χ0) is 16.2. The number of ether oxygens (including phenoxy) is 1. The van der Waals surface area contributed by atoms with Crippen LogP contribution in [0.25, 0.3) is 0 Å². The van der Waals surface area contributed by atoms with Crippen LogP contribution >= 0.6 is 0 Å². The van der Waals surface area contributed by atoms with Gasteiger partial charge in [-0.2, -0.15) is 0 Å². The van der Waals surface area contributed by atoms with Crippen LogP contribution in [0.5, 0.6) is 5.75 Å². The van der Waals surface area contributed by atoms with E-state index in [2.05, 4.69) is 15.6 Å². The first-order valence-electron chi connectivity index (χ1n) is 7.55. The minimum atomic E-state index is 0.0817. The third kappa shape index (κ3) is 3.53. The van der Waals surface area contributed by atoms with E-state index < -0.39 is 0 Å². The summed E-state index contributed by atoms with van der Waals surface area (Å²) < 4.78 is 5.22. The van der Waals surface area contributed by atoms with E-state index in [1.807, 2.05) is 41.4 Å². The molecule has 2 aromatic rings. The quantitative estimate of drug-likeness (QED) is 0.912. The highest BCUT2D eigenvalue weighted by Gasteiger charge is 2.16. The minimum absolute atomic E-state index is 0.0817. The number of aromatic nitrogens is 1. The molecule has 0 saturated carbocycles. The first-order chi connectivity index (χ1) is 11.2. The maximum atomic E-state index is 11.6. The van der Waals surface area contributed by atoms with E-state index >= 15 is 0 Å². The zero-order valence-corrected chi connectivity index (χ0v) is 13.3. The van der Waals surface area contributed by atoms with Gasteiger partial charge in [-0.1, -0.05) is 6.07 Å². The fourth-order valence-corrected chi connectivity index (χ4v) is 2.57. The SMILES string of the molecule is COc1cccc(Nc2cc3c(cn2)CN(C(C)=O)CCN3)c1. The molecule has 0 radical (unpaired) electrons. The van der Waals surface area contributed by atoms with Crippen LogP contribution in [-0.2, 0) is 11.3 Å². The van der Waals surface area contributed by atoms with E-state index in [0.29, 0.717) is 13.1 Å². The van der Waals surface area contributed by atoms with E-state index in [1.165, 1.54) is 0 Å². The summed E-state index contributed by atoms with van der Waals surface area (Å²) in [4.78, 5) is 17.8. The molecule has 0 atom stereocenters. The summed E-state index contributed by atoms with van der Waals surface area (Å²) >= 11 is 0. The molecule has 1 amide bonds. The van der Waals surface area contributed by atoms with E-state index in [1.54, 1.807) is 14.0 Å². The van der Waals surface area contributed by atoms with Crippen molar-refractivity contribution in [3.63, 3.8) is 0 Å². The molecule has 1 aliphatic rings. The summed E-state index contributed by atoms with van der Waals surface area (Å²) in [6.07, 6.45) is 1.81. The Morgan fingerprint density at radius 3 is 3.04 bits per heavy atom. The Kier molecular flexibility index (Phi) is 4.32. The smallest absolute Gasteiger partial charge is 0.219 e. The molecule has 0 fully saturated rings. The van der Waals surface area contributed by atoms with Gasteiger partial charge < -0.3 is 20.3 Å². The molecule has 1 aromatic carbocycles. The van der Waals surface area contributed by atoms with Gasteiger partial charge in [0.15, 0.2) is 0 Å². The predicted octanol–water partition coefficient (Wildman–Crippen LogP) is 2.61. The minimum Gasteiger partial charge on any atom is -0.497 e. The second kappa shape index (κ2) is 6.56. The van der Waals surface area contributed by atoms with Crippen LogP contribution in [0.2, 0.25) is 0 Å². The molecule has 0 unspecified atom stereocenters. The first-order valence-corrected chi connectivity index (χ1v) is 7.55. The summed E-state index contributed by atoms with van der Waals surface area (Å²) in [5, 5.41) is 6.63. The van der Waals surface area contributed by atoms with Gasteiger partial charge in [0, 0.05) is 61.8 Å². The van der Waals surface area contributed by atoms with Gasteiger partial charge in [-0.15, -0.1) is 0 Å². The number of hydrogen-bond acceptors (Lipinski definition) is 5. The Morgan fingerprint density at radius 1 is 1.39 bits per heavy atom. The number of amides is 1. The van der Waals surface area contributed by atoms with Crippen molar-refractivity contribution >= 4 is 23.1 Å². The van der Waals surface area contributed by atoms with Gasteiger partial charge in [0.2, 0.25) is 5.91 Å². The largest absolute Gasteiger partial charge is 0.497 e. The number of rotatable bonds is 3. The number of fused-ring (bicyclic) bond motifs is 1. The number of hydrogen-bond donors (Lipinski definition) is 2. The predicted molar refractivity (Wildman–Crippen MR) is 90.1 cm³/mol. The lowest BCUT2D eigenvalue weighted by Crippen LogP contribution is -2.30. The number of carbonyl (C=O) groups is 1. The number of anilines is 3. The van der Waals surface area contributed by atoms with Crippen LogP contribution in [0, 0.1) is 0 Å². The Morgan fingerprint density at radius 2 is 2.26 bits per heavy atom. The van der Waals surface area contributed by atoms with Crippen LogP contribution in [0.3, 0.4) is 0 Å². The molecular formula is C17H20N4O2. The van der Waals surface area contributed by atoms with Crippen molar-refractivity contribution in [3.8, 4) is 5.75 Å². The molecule has 120 valence electrons. The summed E-state index contributed by atoms with van der Waals surface area (Å²) in [6.45, 7) is 3.61. The molecule has 1 aromatic heterocycles. The number of carbonyl (C=O) groups excluding carboxylic acids is 1. The number of benzene rings is 1. The topological polar surface area (TPSA) is 66.5 Å².